The molecular weight excluding hydrogens is 611 g/mol. The lowest BCUT2D eigenvalue weighted by atomic mass is 9.96. The summed E-state index contributed by atoms with van der Waals surface area (Å²) in [5, 5.41) is 27.6. The van der Waals surface area contributed by atoms with Crippen LogP contribution in [0.1, 0.15) is 103 Å². The zero-order valence-electron chi connectivity index (χ0n) is 29.3. The number of ether oxygens (including phenoxy) is 3. The molecule has 0 aromatic heterocycles. The summed E-state index contributed by atoms with van der Waals surface area (Å²) >= 11 is 12.6. The van der Waals surface area contributed by atoms with Gasteiger partial charge in [-0.3, -0.25) is 0 Å². The van der Waals surface area contributed by atoms with Gasteiger partial charge in [0.2, 0.25) is 0 Å². The fraction of sp³-hybridized carbons (Fsp3) is 0.676. The molecule has 45 heavy (non-hydrogen) atoms. The van der Waals surface area contributed by atoms with Crippen LogP contribution in [0.5, 0.6) is 0 Å². The average molecular weight is 674 g/mol. The Bertz CT molecular complexity index is 1010. The Kier molecular flexibility index (Phi) is 25.1. The van der Waals surface area contributed by atoms with E-state index in [1.807, 2.05) is 19.9 Å². The highest BCUT2D eigenvalue weighted by molar-refractivity contribution is 6.31. The fourth-order valence-electron chi connectivity index (χ4n) is 4.26. The highest BCUT2D eigenvalue weighted by Crippen LogP contribution is 2.27. The molecule has 2 rings (SSSR count). The summed E-state index contributed by atoms with van der Waals surface area (Å²) in [5.41, 5.74) is 4.73. The maximum absolute atomic E-state index is 9.81. The van der Waals surface area contributed by atoms with Crippen molar-refractivity contribution in [3.05, 3.63) is 68.7 Å². The van der Waals surface area contributed by atoms with Crippen molar-refractivity contribution < 1.29 is 29.5 Å². The van der Waals surface area contributed by atoms with E-state index in [2.05, 4.69) is 83.5 Å². The van der Waals surface area contributed by atoms with Crippen LogP contribution in [0, 0.1) is 11.8 Å². The summed E-state index contributed by atoms with van der Waals surface area (Å²) in [6.07, 6.45) is 2.53. The van der Waals surface area contributed by atoms with Crippen molar-refractivity contribution in [2.45, 2.75) is 106 Å². The second-order valence-electron chi connectivity index (χ2n) is 12.6. The van der Waals surface area contributed by atoms with Crippen LogP contribution >= 0.6 is 23.2 Å². The lowest BCUT2D eigenvalue weighted by molar-refractivity contribution is -0.0143. The molecule has 0 amide bonds. The highest BCUT2D eigenvalue weighted by atomic mass is 35.5. The van der Waals surface area contributed by atoms with Crippen LogP contribution < -0.4 is 0 Å². The van der Waals surface area contributed by atoms with Gasteiger partial charge in [-0.2, -0.15) is 0 Å². The fourth-order valence-corrected chi connectivity index (χ4v) is 5.11. The van der Waals surface area contributed by atoms with Gasteiger partial charge in [0.25, 0.3) is 0 Å². The number of hydrogen-bond acceptors (Lipinski definition) is 6. The first-order chi connectivity index (χ1) is 21.3. The van der Waals surface area contributed by atoms with Crippen molar-refractivity contribution in [2.24, 2.45) is 11.8 Å². The minimum atomic E-state index is -0.291. The van der Waals surface area contributed by atoms with Gasteiger partial charge in [0.15, 0.2) is 0 Å². The van der Waals surface area contributed by atoms with Crippen molar-refractivity contribution in [1.29, 1.82) is 0 Å². The molecule has 2 aromatic carbocycles. The molecule has 0 spiro atoms. The van der Waals surface area contributed by atoms with E-state index >= 15 is 0 Å². The van der Waals surface area contributed by atoms with Gasteiger partial charge < -0.3 is 29.5 Å². The Balaban J connectivity index is 0.000000733. The molecule has 0 saturated heterocycles. The van der Waals surface area contributed by atoms with E-state index in [4.69, 9.17) is 42.9 Å². The van der Waals surface area contributed by atoms with Gasteiger partial charge in [-0.15, -0.1) is 0 Å². The van der Waals surface area contributed by atoms with Gasteiger partial charge in [-0.25, -0.2) is 0 Å². The standard InChI is InChI=1S/C19H31ClO2.C14H21ClO.C4H10O3/c1-6-9-21-10-11-22-19(15(4)5)13-16-7-8-17(14(2)3)18(20)12-16;1-9(2)12-6-5-11(7-13(12)15)8-14(16)10(3)4;5-1-3-7-4-2-6/h7-8,12,14-15,19H,6,9-11,13H2,1-5H3;5-7,9-10,14,16H,8H2,1-4H3;5-6H,1-4H2. The van der Waals surface area contributed by atoms with Gasteiger partial charge in [-0.1, -0.05) is 110 Å². The summed E-state index contributed by atoms with van der Waals surface area (Å²) in [7, 11) is 0. The van der Waals surface area contributed by atoms with Crippen LogP contribution in [-0.4, -0.2) is 73.8 Å². The third-order valence-electron chi connectivity index (χ3n) is 7.15. The molecule has 0 aliphatic heterocycles. The second kappa shape index (κ2) is 25.8. The van der Waals surface area contributed by atoms with Crippen LogP contribution in [-0.2, 0) is 27.1 Å². The highest BCUT2D eigenvalue weighted by Gasteiger charge is 2.16. The largest absolute Gasteiger partial charge is 0.394 e. The van der Waals surface area contributed by atoms with E-state index in [0.717, 1.165) is 35.1 Å². The predicted octanol–water partition coefficient (Wildman–Crippen LogP) is 8.48. The zero-order chi connectivity index (χ0) is 34.4. The van der Waals surface area contributed by atoms with E-state index in [9.17, 15) is 5.11 Å². The minimum Gasteiger partial charge on any atom is -0.394 e. The molecule has 0 fully saturated rings. The summed E-state index contributed by atoms with van der Waals surface area (Å²) in [6.45, 7) is 22.0. The Morgan fingerprint density at radius 2 is 1.09 bits per heavy atom. The second-order valence-corrected chi connectivity index (χ2v) is 13.4. The normalized spacial score (nSPS) is 12.7. The number of hydrogen-bond donors (Lipinski definition) is 3. The van der Waals surface area contributed by atoms with Crippen LogP contribution in [0.25, 0.3) is 0 Å². The van der Waals surface area contributed by atoms with Crippen molar-refractivity contribution in [1.82, 2.24) is 0 Å². The topological polar surface area (TPSA) is 88.4 Å². The van der Waals surface area contributed by atoms with Crippen LogP contribution in [0.15, 0.2) is 36.4 Å². The SMILES string of the molecule is CC(C)c1ccc(CC(O)C(C)C)cc1Cl.CCCOCCOC(Cc1ccc(C(C)C)c(Cl)c1)C(C)C.OCCOCCO. The van der Waals surface area contributed by atoms with E-state index in [1.165, 1.54) is 16.7 Å². The lowest BCUT2D eigenvalue weighted by Gasteiger charge is -2.22. The molecule has 3 N–H and O–H groups in total. The van der Waals surface area contributed by atoms with Crippen LogP contribution in [0.3, 0.4) is 0 Å². The van der Waals surface area contributed by atoms with E-state index in [1.54, 1.807) is 0 Å². The lowest BCUT2D eigenvalue weighted by Crippen LogP contribution is -2.24. The van der Waals surface area contributed by atoms with Gasteiger partial charge in [0.05, 0.1) is 51.8 Å². The first kappa shape index (κ1) is 43.8. The first-order valence-electron chi connectivity index (χ1n) is 16.5. The number of aliphatic hydroxyl groups excluding tert-OH is 3. The van der Waals surface area contributed by atoms with Crippen LogP contribution in [0.2, 0.25) is 10.0 Å². The van der Waals surface area contributed by atoms with E-state index in [0.29, 0.717) is 50.6 Å². The summed E-state index contributed by atoms with van der Waals surface area (Å²) in [4.78, 5) is 0. The molecule has 0 saturated carbocycles. The molecule has 0 aliphatic rings. The molecule has 2 unspecified atom stereocenters. The summed E-state index contributed by atoms with van der Waals surface area (Å²) in [5.74, 6) is 1.64. The zero-order valence-corrected chi connectivity index (χ0v) is 30.8. The van der Waals surface area contributed by atoms with Gasteiger partial charge >= 0.3 is 0 Å². The van der Waals surface area contributed by atoms with E-state index < -0.39 is 0 Å². The molecule has 0 bridgehead atoms. The molecule has 0 heterocycles. The number of benzene rings is 2. The maximum Gasteiger partial charge on any atom is 0.0704 e. The van der Waals surface area contributed by atoms with Crippen molar-refractivity contribution >= 4 is 23.2 Å². The maximum atomic E-state index is 9.81. The summed E-state index contributed by atoms with van der Waals surface area (Å²) in [6, 6.07) is 12.5. The summed E-state index contributed by atoms with van der Waals surface area (Å²) < 4.78 is 16.1. The van der Waals surface area contributed by atoms with Crippen LogP contribution in [0.4, 0.5) is 0 Å². The van der Waals surface area contributed by atoms with Crippen molar-refractivity contribution in [2.75, 3.05) is 46.2 Å². The molecule has 2 aromatic rings. The molecule has 2 atom stereocenters. The Labute approximate surface area is 284 Å². The van der Waals surface area contributed by atoms with Crippen molar-refractivity contribution in [3.63, 3.8) is 0 Å². The van der Waals surface area contributed by atoms with Crippen molar-refractivity contribution in [3.8, 4) is 0 Å². The number of rotatable bonds is 18. The molecule has 0 aliphatic carbocycles. The first-order valence-corrected chi connectivity index (χ1v) is 17.3. The van der Waals surface area contributed by atoms with Gasteiger partial charge in [0, 0.05) is 16.7 Å². The molecule has 8 heteroatoms. The Morgan fingerprint density at radius 3 is 1.47 bits per heavy atom. The molecular formula is C37H62Cl2O6. The Morgan fingerprint density at radius 1 is 0.622 bits per heavy atom. The van der Waals surface area contributed by atoms with Gasteiger partial charge in [0.1, 0.15) is 0 Å². The average Bonchev–Trinajstić information content (AvgIpc) is 2.97. The third-order valence-corrected chi connectivity index (χ3v) is 7.80. The monoisotopic (exact) mass is 672 g/mol. The molecule has 260 valence electrons. The third kappa shape index (κ3) is 19.9. The molecule has 0 radical (unpaired) electrons. The smallest absolute Gasteiger partial charge is 0.0704 e. The van der Waals surface area contributed by atoms with Gasteiger partial charge in [-0.05, 0) is 77.3 Å². The molecule has 6 nitrogen and oxygen atoms in total. The Hall–Kier alpha value is -1.22. The number of aliphatic hydroxyl groups is 3. The number of halogens is 2. The van der Waals surface area contributed by atoms with E-state index in [-0.39, 0.29) is 31.3 Å². The minimum absolute atomic E-state index is 0.0278. The predicted molar refractivity (Wildman–Crippen MR) is 190 cm³/mol. The quantitative estimate of drug-likeness (QED) is 0.138.